The third-order valence-electron chi connectivity index (χ3n) is 2.95. The summed E-state index contributed by atoms with van der Waals surface area (Å²) in [5.74, 6) is -1.07. The van der Waals surface area contributed by atoms with Crippen LogP contribution in [-0.2, 0) is 28.9 Å². The van der Waals surface area contributed by atoms with Crippen molar-refractivity contribution in [3.63, 3.8) is 0 Å². The van der Waals surface area contributed by atoms with Crippen LogP contribution in [0.5, 0.6) is 0 Å². The van der Waals surface area contributed by atoms with Gasteiger partial charge in [-0.2, -0.15) is 0 Å². The molecular formula is C15H25N5O6. The number of hydroxylamine groups is 4. The van der Waals surface area contributed by atoms with E-state index in [1.54, 1.807) is 0 Å². The number of carbonyl (C=O) groups is 4. The molecular weight excluding hydrogens is 346 g/mol. The molecule has 0 aromatic rings. The normalized spacial score (nSPS) is 14.2. The number of amides is 2. The van der Waals surface area contributed by atoms with E-state index in [1.165, 1.54) is 30.3 Å². The fourth-order valence-electron chi connectivity index (χ4n) is 1.91. The Morgan fingerprint density at radius 2 is 1.50 bits per heavy atom. The van der Waals surface area contributed by atoms with Gasteiger partial charge in [0.15, 0.2) is 0 Å². The number of ketones is 2. The third-order valence-corrected chi connectivity index (χ3v) is 2.95. The van der Waals surface area contributed by atoms with Gasteiger partial charge in [-0.05, 0) is 13.8 Å². The maximum atomic E-state index is 11.3. The molecule has 0 saturated carbocycles. The van der Waals surface area contributed by atoms with Gasteiger partial charge in [0.25, 0.3) is 0 Å². The van der Waals surface area contributed by atoms with Gasteiger partial charge in [0.05, 0.1) is 26.1 Å². The van der Waals surface area contributed by atoms with Crippen molar-refractivity contribution in [1.29, 1.82) is 0 Å². The van der Waals surface area contributed by atoms with Crippen molar-refractivity contribution in [2.24, 2.45) is 4.99 Å². The lowest BCUT2D eigenvalue weighted by molar-refractivity contribution is -0.231. The number of hydrogen-bond acceptors (Lipinski definition) is 9. The van der Waals surface area contributed by atoms with Gasteiger partial charge in [-0.1, -0.05) is 0 Å². The van der Waals surface area contributed by atoms with Gasteiger partial charge in [0.2, 0.25) is 11.8 Å². The molecule has 0 aliphatic carbocycles. The number of nitrogens with one attached hydrogen (secondary N) is 2. The summed E-state index contributed by atoms with van der Waals surface area (Å²) in [6.45, 7) is 4.30. The molecule has 0 fully saturated rings. The van der Waals surface area contributed by atoms with Crippen LogP contribution in [-0.4, -0.2) is 79.5 Å². The zero-order valence-electron chi connectivity index (χ0n) is 15.0. The first-order chi connectivity index (χ1) is 12.4. The van der Waals surface area contributed by atoms with Crippen molar-refractivity contribution < 1.29 is 28.9 Å². The Morgan fingerprint density at radius 1 is 0.962 bits per heavy atom. The Balaban J connectivity index is 2.12. The molecule has 11 nitrogen and oxygen atoms in total. The molecule has 0 bridgehead atoms. The highest BCUT2D eigenvalue weighted by atomic mass is 16.7. The largest absolute Gasteiger partial charge is 0.353 e. The molecule has 0 aromatic carbocycles. The van der Waals surface area contributed by atoms with Crippen LogP contribution < -0.4 is 10.6 Å². The molecule has 0 aromatic heterocycles. The molecule has 1 rings (SSSR count). The highest BCUT2D eigenvalue weighted by Crippen LogP contribution is 2.01. The molecule has 2 amide bonds. The second kappa shape index (κ2) is 12.1. The predicted molar refractivity (Wildman–Crippen MR) is 90.4 cm³/mol. The lowest BCUT2D eigenvalue weighted by atomic mass is 10.3. The Morgan fingerprint density at radius 3 is 2.04 bits per heavy atom. The average Bonchev–Trinajstić information content (AvgIpc) is 2.55. The van der Waals surface area contributed by atoms with E-state index in [9.17, 15) is 19.2 Å². The summed E-state index contributed by atoms with van der Waals surface area (Å²) in [5, 5.41) is 8.11. The smallest absolute Gasteiger partial charge is 0.227 e. The Kier molecular flexibility index (Phi) is 10.1. The van der Waals surface area contributed by atoms with Crippen LogP contribution in [0.4, 0.5) is 0 Å². The van der Waals surface area contributed by atoms with Gasteiger partial charge in [-0.25, -0.2) is 5.06 Å². The first kappa shape index (κ1) is 21.7. The van der Waals surface area contributed by atoms with Crippen LogP contribution in [0.25, 0.3) is 0 Å². The molecule has 0 atom stereocenters. The predicted octanol–water partition coefficient (Wildman–Crippen LogP) is -1.40. The minimum absolute atomic E-state index is 0.140. The summed E-state index contributed by atoms with van der Waals surface area (Å²) in [4.78, 5) is 59.1. The lowest BCUT2D eigenvalue weighted by Crippen LogP contribution is -2.43. The first-order valence-electron chi connectivity index (χ1n) is 8.16. The second-order valence-corrected chi connectivity index (χ2v) is 5.60. The fourth-order valence-corrected chi connectivity index (χ4v) is 1.91. The molecule has 146 valence electrons. The minimum atomic E-state index is -0.342. The number of hydrogen-bond donors (Lipinski definition) is 2. The third kappa shape index (κ3) is 10.5. The second-order valence-electron chi connectivity index (χ2n) is 5.60. The van der Waals surface area contributed by atoms with Crippen LogP contribution in [0, 0.1) is 0 Å². The Bertz CT molecular complexity index is 539. The summed E-state index contributed by atoms with van der Waals surface area (Å²) >= 11 is 0. The molecule has 0 spiro atoms. The van der Waals surface area contributed by atoms with Crippen molar-refractivity contribution in [1.82, 2.24) is 20.8 Å². The van der Waals surface area contributed by atoms with Crippen molar-refractivity contribution in [2.45, 2.75) is 26.7 Å². The molecule has 1 aliphatic rings. The van der Waals surface area contributed by atoms with Crippen LogP contribution >= 0.6 is 0 Å². The summed E-state index contributed by atoms with van der Waals surface area (Å²) in [6.07, 6.45) is 1.22. The first-order valence-corrected chi connectivity index (χ1v) is 8.16. The van der Waals surface area contributed by atoms with E-state index in [0.717, 1.165) is 0 Å². The summed E-state index contributed by atoms with van der Waals surface area (Å²) in [5.41, 5.74) is 0. The molecule has 2 N–H and O–H groups in total. The van der Waals surface area contributed by atoms with Gasteiger partial charge < -0.3 is 10.6 Å². The van der Waals surface area contributed by atoms with E-state index in [0.29, 0.717) is 13.3 Å². The van der Waals surface area contributed by atoms with Crippen LogP contribution in [0.2, 0.25) is 0 Å². The number of Topliss-reactive ketones (excluding diaryl/α,β-unsaturated/α-hetero) is 2. The maximum absolute atomic E-state index is 11.3. The zero-order valence-corrected chi connectivity index (χ0v) is 15.0. The van der Waals surface area contributed by atoms with Gasteiger partial charge in [0, 0.05) is 13.1 Å². The zero-order chi connectivity index (χ0) is 19.4. The van der Waals surface area contributed by atoms with Crippen LogP contribution in [0.3, 0.4) is 0 Å². The van der Waals surface area contributed by atoms with Crippen LogP contribution in [0.15, 0.2) is 4.99 Å². The van der Waals surface area contributed by atoms with Crippen LogP contribution in [0.1, 0.15) is 26.7 Å². The maximum Gasteiger partial charge on any atom is 0.227 e. The molecule has 0 unspecified atom stereocenters. The van der Waals surface area contributed by atoms with E-state index < -0.39 is 0 Å². The Labute approximate surface area is 151 Å². The molecule has 1 aliphatic heterocycles. The quantitative estimate of drug-likeness (QED) is 0.317. The Hall–Kier alpha value is -2.37. The molecule has 11 heteroatoms. The minimum Gasteiger partial charge on any atom is -0.353 e. The van der Waals surface area contributed by atoms with E-state index >= 15 is 0 Å². The van der Waals surface area contributed by atoms with E-state index in [4.69, 9.17) is 9.68 Å². The van der Waals surface area contributed by atoms with Crippen molar-refractivity contribution >= 4 is 29.7 Å². The molecule has 26 heavy (non-hydrogen) atoms. The van der Waals surface area contributed by atoms with Gasteiger partial charge in [0.1, 0.15) is 31.2 Å². The monoisotopic (exact) mass is 371 g/mol. The number of carbonyl (C=O) groups excluding carboxylic acids is 4. The molecule has 0 radical (unpaired) electrons. The number of rotatable bonds is 12. The van der Waals surface area contributed by atoms with Crippen molar-refractivity contribution in [2.75, 3.05) is 39.6 Å². The number of aliphatic imine (C=N–C) groups is 1. The van der Waals surface area contributed by atoms with Gasteiger partial charge in [-0.15, -0.1) is 5.06 Å². The van der Waals surface area contributed by atoms with Gasteiger partial charge in [-0.3, -0.25) is 33.8 Å². The SMILES string of the molecule is CC(=O)CC(=O)NCCON1C=NCN(OCCNC(=O)CC(C)=O)C1. The highest BCUT2D eigenvalue weighted by Gasteiger charge is 2.15. The highest BCUT2D eigenvalue weighted by molar-refractivity contribution is 5.97. The molecule has 1 heterocycles. The van der Waals surface area contributed by atoms with Crippen molar-refractivity contribution in [3.8, 4) is 0 Å². The van der Waals surface area contributed by atoms with E-state index in [-0.39, 0.29) is 62.5 Å². The summed E-state index contributed by atoms with van der Waals surface area (Å²) < 4.78 is 0. The van der Waals surface area contributed by atoms with E-state index in [1.807, 2.05) is 0 Å². The summed E-state index contributed by atoms with van der Waals surface area (Å²) in [7, 11) is 0. The van der Waals surface area contributed by atoms with E-state index in [2.05, 4.69) is 15.6 Å². The standard InChI is InChI=1S/C15H25N5O6/c1-12(21)7-14(23)17-3-5-25-19-9-16-10-20(11-19)26-6-4-18-15(24)8-13(2)22/h9H,3-8,10-11H2,1-2H3,(H,17,23)(H,18,24). The topological polar surface area (TPSA) is 130 Å². The molecule has 0 saturated heterocycles. The average molecular weight is 371 g/mol. The summed E-state index contributed by atoms with van der Waals surface area (Å²) in [6, 6.07) is 0. The van der Waals surface area contributed by atoms with Crippen molar-refractivity contribution in [3.05, 3.63) is 0 Å². The fraction of sp³-hybridized carbons (Fsp3) is 0.667. The lowest BCUT2D eigenvalue weighted by Gasteiger charge is -2.29. The number of nitrogens with zero attached hydrogens (tertiary/aromatic N) is 3. The van der Waals surface area contributed by atoms with Gasteiger partial charge >= 0.3 is 0 Å².